The van der Waals surface area contributed by atoms with E-state index in [1.54, 1.807) is 24.5 Å². The van der Waals surface area contributed by atoms with Crippen molar-refractivity contribution >= 4 is 11.9 Å². The largest absolute Gasteiger partial charge is 0.365 e. The second-order valence-electron chi connectivity index (χ2n) is 7.52. The molecule has 4 heterocycles. The molecule has 8 heteroatoms. The first-order chi connectivity index (χ1) is 12.4. The maximum atomic E-state index is 12.6. The zero-order chi connectivity index (χ0) is 18.4. The number of hydrogen-bond acceptors (Lipinski definition) is 6. The fourth-order valence-electron chi connectivity index (χ4n) is 4.09. The van der Waals surface area contributed by atoms with Crippen LogP contribution >= 0.6 is 0 Å². The third-order valence-corrected chi connectivity index (χ3v) is 5.42. The van der Waals surface area contributed by atoms with Gasteiger partial charge in [0.25, 0.3) is 5.91 Å². The topological polar surface area (TPSA) is 116 Å². The van der Waals surface area contributed by atoms with Crippen LogP contribution in [0.3, 0.4) is 0 Å². The number of aromatic nitrogens is 3. The predicted molar refractivity (Wildman–Crippen MR) is 93.4 cm³/mol. The third kappa shape index (κ3) is 2.52. The number of rotatable bonds is 5. The molecular weight excluding hydrogens is 332 g/mol. The first kappa shape index (κ1) is 16.5. The maximum absolute atomic E-state index is 12.6. The summed E-state index contributed by atoms with van der Waals surface area (Å²) in [5, 5.41) is 15.2. The van der Waals surface area contributed by atoms with Gasteiger partial charge in [0.15, 0.2) is 0 Å². The van der Waals surface area contributed by atoms with E-state index in [4.69, 9.17) is 10.00 Å². The molecule has 0 aromatic carbocycles. The molecule has 3 aliphatic rings. The van der Waals surface area contributed by atoms with Crippen molar-refractivity contribution in [1.29, 1.82) is 5.26 Å². The second kappa shape index (κ2) is 5.54. The zero-order valence-corrected chi connectivity index (χ0v) is 14.7. The van der Waals surface area contributed by atoms with E-state index < -0.39 is 11.1 Å². The van der Waals surface area contributed by atoms with Crippen molar-refractivity contribution in [1.82, 2.24) is 20.3 Å². The molecule has 2 bridgehead atoms. The number of nitriles is 1. The lowest BCUT2D eigenvalue weighted by molar-refractivity contribution is -0.0463. The smallest absolute Gasteiger partial charge is 0.268 e. The lowest BCUT2D eigenvalue weighted by Crippen LogP contribution is -2.65. The summed E-state index contributed by atoms with van der Waals surface area (Å²) in [5.41, 5.74) is -0.450. The first-order valence-corrected chi connectivity index (χ1v) is 8.49. The van der Waals surface area contributed by atoms with Crippen LogP contribution in [0.15, 0.2) is 30.7 Å². The van der Waals surface area contributed by atoms with Gasteiger partial charge in [-0.15, -0.1) is 0 Å². The van der Waals surface area contributed by atoms with E-state index in [-0.39, 0.29) is 11.5 Å². The molecule has 0 spiro atoms. The molecule has 1 amide bonds. The number of hydrogen-bond donors (Lipinski definition) is 3. The van der Waals surface area contributed by atoms with E-state index >= 15 is 0 Å². The summed E-state index contributed by atoms with van der Waals surface area (Å²) in [7, 11) is 0. The molecule has 8 nitrogen and oxygen atoms in total. The fourth-order valence-corrected chi connectivity index (χ4v) is 4.09. The van der Waals surface area contributed by atoms with E-state index in [1.807, 2.05) is 19.9 Å². The van der Waals surface area contributed by atoms with Gasteiger partial charge in [-0.1, -0.05) is 0 Å². The second-order valence-corrected chi connectivity index (χ2v) is 7.52. The van der Waals surface area contributed by atoms with Gasteiger partial charge in [-0.2, -0.15) is 5.26 Å². The summed E-state index contributed by atoms with van der Waals surface area (Å²) in [5.74, 6) is 0.338. The van der Waals surface area contributed by atoms with Gasteiger partial charge in [0.05, 0.1) is 22.3 Å². The number of amides is 1. The molecule has 134 valence electrons. The van der Waals surface area contributed by atoms with Gasteiger partial charge in [0, 0.05) is 38.0 Å². The van der Waals surface area contributed by atoms with Crippen molar-refractivity contribution < 1.29 is 9.53 Å². The molecule has 26 heavy (non-hydrogen) atoms. The van der Waals surface area contributed by atoms with E-state index in [2.05, 4.69) is 25.6 Å². The summed E-state index contributed by atoms with van der Waals surface area (Å²) < 4.78 is 6.30. The number of carbonyl (C=O) groups excluding carboxylic acids is 1. The van der Waals surface area contributed by atoms with Crippen molar-refractivity contribution in [3.63, 3.8) is 0 Å². The number of nitrogens with one attached hydrogen (secondary N) is 3. The normalized spacial score (nSPS) is 28.0. The molecule has 3 fully saturated rings. The van der Waals surface area contributed by atoms with Crippen LogP contribution in [0.4, 0.5) is 5.95 Å². The number of anilines is 1. The average molecular weight is 352 g/mol. The predicted octanol–water partition coefficient (Wildman–Crippen LogP) is 1.60. The van der Waals surface area contributed by atoms with Crippen LogP contribution in [0.25, 0.3) is 0 Å². The minimum Gasteiger partial charge on any atom is -0.365 e. The molecule has 2 aromatic heterocycles. The lowest BCUT2D eigenvalue weighted by Gasteiger charge is -2.47. The molecule has 1 aliphatic carbocycles. The van der Waals surface area contributed by atoms with Crippen LogP contribution < -0.4 is 10.6 Å². The molecule has 5 rings (SSSR count). The van der Waals surface area contributed by atoms with Gasteiger partial charge in [-0.25, -0.2) is 9.97 Å². The number of fused-ring (bicyclic) bond motifs is 1. The summed E-state index contributed by atoms with van der Waals surface area (Å²) in [4.78, 5) is 23.8. The van der Waals surface area contributed by atoms with Crippen molar-refractivity contribution in [2.45, 2.75) is 43.4 Å². The molecular formula is C18H20N6O2. The average Bonchev–Trinajstić information content (AvgIpc) is 3.21. The van der Waals surface area contributed by atoms with Gasteiger partial charge in [0.2, 0.25) is 5.95 Å². The molecule has 0 unspecified atom stereocenters. The molecule has 2 aliphatic heterocycles. The zero-order valence-electron chi connectivity index (χ0n) is 14.7. The van der Waals surface area contributed by atoms with Gasteiger partial charge in [-0.05, 0) is 26.0 Å². The SMILES string of the molecule is CC1(C)OC2(CNc3ncccn3)CC1(NC(=O)c1cc(C#N)c[nH]1)C2. The Morgan fingerprint density at radius 2 is 2.12 bits per heavy atom. The molecule has 1 saturated carbocycles. The number of aromatic amines is 1. The monoisotopic (exact) mass is 352 g/mol. The minimum atomic E-state index is -0.494. The van der Waals surface area contributed by atoms with Crippen LogP contribution in [-0.4, -0.2) is 44.1 Å². The molecule has 0 radical (unpaired) electrons. The van der Waals surface area contributed by atoms with Crippen LogP contribution in [0.2, 0.25) is 0 Å². The molecule has 2 aromatic rings. The first-order valence-electron chi connectivity index (χ1n) is 8.49. The van der Waals surface area contributed by atoms with Gasteiger partial charge in [-0.3, -0.25) is 4.79 Å². The van der Waals surface area contributed by atoms with Gasteiger partial charge < -0.3 is 20.4 Å². The van der Waals surface area contributed by atoms with Crippen LogP contribution in [-0.2, 0) is 4.74 Å². The summed E-state index contributed by atoms with van der Waals surface area (Å²) in [6.45, 7) is 4.58. The Bertz CT molecular complexity index is 877. The Kier molecular flexibility index (Phi) is 3.53. The highest BCUT2D eigenvalue weighted by molar-refractivity contribution is 5.93. The summed E-state index contributed by atoms with van der Waals surface area (Å²) in [6.07, 6.45) is 6.32. The molecule has 0 atom stereocenters. The number of H-pyrrole nitrogens is 1. The van der Waals surface area contributed by atoms with E-state index in [0.717, 1.165) is 0 Å². The summed E-state index contributed by atoms with van der Waals surface area (Å²) >= 11 is 0. The fraction of sp³-hybridized carbons (Fsp3) is 0.444. The minimum absolute atomic E-state index is 0.224. The highest BCUT2D eigenvalue weighted by atomic mass is 16.5. The number of carbonyl (C=O) groups is 1. The van der Waals surface area contributed by atoms with Crippen molar-refractivity contribution in [2.75, 3.05) is 11.9 Å². The quantitative estimate of drug-likeness (QED) is 0.753. The van der Waals surface area contributed by atoms with Crippen molar-refractivity contribution in [2.24, 2.45) is 0 Å². The van der Waals surface area contributed by atoms with E-state index in [1.165, 1.54) is 6.20 Å². The summed E-state index contributed by atoms with van der Waals surface area (Å²) in [6, 6.07) is 5.33. The van der Waals surface area contributed by atoms with Crippen molar-refractivity contribution in [3.8, 4) is 6.07 Å². The number of ether oxygens (including phenoxy) is 1. The Hall–Kier alpha value is -2.92. The van der Waals surface area contributed by atoms with Gasteiger partial charge >= 0.3 is 0 Å². The van der Waals surface area contributed by atoms with Crippen LogP contribution in [0.5, 0.6) is 0 Å². The maximum Gasteiger partial charge on any atom is 0.268 e. The standard InChI is InChI=1S/C18H20N6O2/c1-16(2)18(24-14(25)13-6-12(7-19)8-22-13)9-17(10-18,26-16)11-23-15-20-4-3-5-21-15/h3-6,8,22H,9-11H2,1-2H3,(H,24,25)(H,20,21,23). The Labute approximate surface area is 151 Å². The van der Waals surface area contributed by atoms with Gasteiger partial charge in [0.1, 0.15) is 11.8 Å². The highest BCUT2D eigenvalue weighted by Gasteiger charge is 2.72. The number of nitrogens with zero attached hydrogens (tertiary/aromatic N) is 3. The van der Waals surface area contributed by atoms with Crippen LogP contribution in [0, 0.1) is 11.3 Å². The lowest BCUT2D eigenvalue weighted by atomic mass is 9.62. The molecule has 2 saturated heterocycles. The Morgan fingerprint density at radius 1 is 1.38 bits per heavy atom. The molecule has 3 N–H and O–H groups in total. The van der Waals surface area contributed by atoms with E-state index in [9.17, 15) is 4.79 Å². The Balaban J connectivity index is 1.45. The van der Waals surface area contributed by atoms with Crippen LogP contribution in [0.1, 0.15) is 42.7 Å². The highest BCUT2D eigenvalue weighted by Crippen LogP contribution is 2.60. The van der Waals surface area contributed by atoms with Crippen molar-refractivity contribution in [3.05, 3.63) is 42.0 Å². The Morgan fingerprint density at radius 3 is 2.77 bits per heavy atom. The third-order valence-electron chi connectivity index (χ3n) is 5.42. The van der Waals surface area contributed by atoms with E-state index in [0.29, 0.717) is 36.6 Å².